The summed E-state index contributed by atoms with van der Waals surface area (Å²) < 4.78 is 0. The molecule has 0 aliphatic carbocycles. The summed E-state index contributed by atoms with van der Waals surface area (Å²) in [5.41, 5.74) is 5.50. The maximum atomic E-state index is 10.3. The molecule has 0 amide bonds. The number of hydrogen-bond donors (Lipinski definition) is 0. The predicted molar refractivity (Wildman–Crippen MR) is 94.5 cm³/mol. The van der Waals surface area contributed by atoms with E-state index in [1.54, 1.807) is 6.08 Å². The molecule has 0 rings (SSSR count). The van der Waals surface area contributed by atoms with Crippen molar-refractivity contribution in [3.63, 3.8) is 0 Å². The summed E-state index contributed by atoms with van der Waals surface area (Å²) in [7, 11) is 0. The van der Waals surface area contributed by atoms with Crippen LogP contribution in [0, 0.1) is 0 Å². The Bertz CT molecular complexity index is 415. The lowest BCUT2D eigenvalue weighted by molar-refractivity contribution is -0.104. The molecule has 0 spiro atoms. The van der Waals surface area contributed by atoms with Crippen molar-refractivity contribution in [3.05, 3.63) is 46.6 Å². The number of carbonyl (C=O) groups excluding carboxylic acids is 1. The Morgan fingerprint density at radius 3 is 1.52 bits per heavy atom. The second-order valence-electron chi connectivity index (χ2n) is 6.15. The molecule has 1 nitrogen and oxygen atoms in total. The fraction of sp³-hybridized carbons (Fsp3) is 0.550. The molecule has 0 bridgehead atoms. The van der Waals surface area contributed by atoms with Crippen LogP contribution in [0.15, 0.2) is 46.6 Å². The van der Waals surface area contributed by atoms with Crippen molar-refractivity contribution in [2.45, 2.75) is 73.1 Å². The van der Waals surface area contributed by atoms with Gasteiger partial charge in [0.25, 0.3) is 0 Å². The highest BCUT2D eigenvalue weighted by Gasteiger charge is 1.93. The molecule has 0 saturated carbocycles. The monoisotopic (exact) mass is 288 g/mol. The highest BCUT2D eigenvalue weighted by molar-refractivity contribution is 5.65. The Hall–Kier alpha value is -1.37. The summed E-state index contributed by atoms with van der Waals surface area (Å²) in [6.07, 6.45) is 16.1. The van der Waals surface area contributed by atoms with E-state index in [4.69, 9.17) is 0 Å². The SMILES string of the molecule is CC(C)=CCC/C(C)=C/CC/C(C)=C\CC/C(C)=C\C=O. The lowest BCUT2D eigenvalue weighted by Gasteiger charge is -2.02. The Morgan fingerprint density at radius 2 is 1.10 bits per heavy atom. The number of carbonyl (C=O) groups is 1. The normalized spacial score (nSPS) is 13.3. The Kier molecular flexibility index (Phi) is 11.6. The molecule has 0 aliphatic heterocycles. The van der Waals surface area contributed by atoms with Crippen LogP contribution < -0.4 is 0 Å². The summed E-state index contributed by atoms with van der Waals surface area (Å²) >= 11 is 0. The highest BCUT2D eigenvalue weighted by Crippen LogP contribution is 2.13. The Morgan fingerprint density at radius 1 is 0.667 bits per heavy atom. The van der Waals surface area contributed by atoms with Crippen molar-refractivity contribution < 1.29 is 4.79 Å². The van der Waals surface area contributed by atoms with E-state index in [-0.39, 0.29) is 0 Å². The first-order chi connectivity index (χ1) is 9.95. The van der Waals surface area contributed by atoms with Gasteiger partial charge in [0.15, 0.2) is 0 Å². The van der Waals surface area contributed by atoms with Crippen molar-refractivity contribution in [2.24, 2.45) is 0 Å². The first kappa shape index (κ1) is 19.6. The summed E-state index contributed by atoms with van der Waals surface area (Å²) in [5, 5.41) is 0. The molecule has 0 radical (unpaired) electrons. The quantitative estimate of drug-likeness (QED) is 0.261. The van der Waals surface area contributed by atoms with Crippen LogP contribution in [0.4, 0.5) is 0 Å². The number of allylic oxidation sites excluding steroid dienone is 8. The molecule has 0 heterocycles. The second-order valence-corrected chi connectivity index (χ2v) is 6.15. The van der Waals surface area contributed by atoms with Gasteiger partial charge in [-0.3, -0.25) is 4.79 Å². The van der Waals surface area contributed by atoms with Gasteiger partial charge in [-0.05, 0) is 79.2 Å². The predicted octanol–water partition coefficient (Wildman–Crippen LogP) is 6.33. The lowest BCUT2D eigenvalue weighted by atomic mass is 10.0. The third-order valence-corrected chi connectivity index (χ3v) is 3.51. The first-order valence-electron chi connectivity index (χ1n) is 8.01. The molecule has 0 saturated heterocycles. The van der Waals surface area contributed by atoms with Gasteiger partial charge in [-0.25, -0.2) is 0 Å². The van der Waals surface area contributed by atoms with Crippen LogP contribution in [0.5, 0.6) is 0 Å². The summed E-state index contributed by atoms with van der Waals surface area (Å²) in [6, 6.07) is 0. The maximum absolute atomic E-state index is 10.3. The minimum absolute atomic E-state index is 0.870. The third kappa shape index (κ3) is 13.4. The van der Waals surface area contributed by atoms with E-state index >= 15 is 0 Å². The van der Waals surface area contributed by atoms with Crippen LogP contribution in [-0.2, 0) is 4.79 Å². The van der Waals surface area contributed by atoms with E-state index < -0.39 is 0 Å². The largest absolute Gasteiger partial charge is 0.299 e. The topological polar surface area (TPSA) is 17.1 Å². The van der Waals surface area contributed by atoms with Gasteiger partial charge >= 0.3 is 0 Å². The average Bonchev–Trinajstić information content (AvgIpc) is 2.38. The number of aldehydes is 1. The molecule has 0 aromatic rings. The van der Waals surface area contributed by atoms with Gasteiger partial charge in [-0.2, -0.15) is 0 Å². The van der Waals surface area contributed by atoms with Gasteiger partial charge in [0.05, 0.1) is 0 Å². The minimum atomic E-state index is 0.870. The van der Waals surface area contributed by atoms with Crippen molar-refractivity contribution in [1.29, 1.82) is 0 Å². The highest BCUT2D eigenvalue weighted by atomic mass is 16.1. The lowest BCUT2D eigenvalue weighted by Crippen LogP contribution is -1.82. The van der Waals surface area contributed by atoms with Crippen molar-refractivity contribution >= 4 is 6.29 Å². The second kappa shape index (κ2) is 12.4. The van der Waals surface area contributed by atoms with E-state index in [1.807, 2.05) is 6.92 Å². The Labute approximate surface area is 131 Å². The number of hydrogen-bond acceptors (Lipinski definition) is 1. The van der Waals surface area contributed by atoms with Gasteiger partial charge < -0.3 is 0 Å². The standard InChI is InChI=1S/C20H32O/c1-17(2)9-6-10-18(3)11-7-12-19(4)13-8-14-20(5)15-16-21/h9,11,13,15-16H,6-8,10,12,14H2,1-5H3/b18-11+,19-13-,20-15-. The molecular weight excluding hydrogens is 256 g/mol. The minimum Gasteiger partial charge on any atom is -0.299 e. The summed E-state index contributed by atoms with van der Waals surface area (Å²) in [5.74, 6) is 0. The van der Waals surface area contributed by atoms with Crippen LogP contribution in [0.1, 0.15) is 73.1 Å². The van der Waals surface area contributed by atoms with Gasteiger partial charge in [-0.1, -0.05) is 40.5 Å². The zero-order valence-corrected chi connectivity index (χ0v) is 14.5. The van der Waals surface area contributed by atoms with Crippen LogP contribution in [0.2, 0.25) is 0 Å². The van der Waals surface area contributed by atoms with Crippen molar-refractivity contribution in [1.82, 2.24) is 0 Å². The third-order valence-electron chi connectivity index (χ3n) is 3.51. The van der Waals surface area contributed by atoms with Crippen LogP contribution in [0.25, 0.3) is 0 Å². The van der Waals surface area contributed by atoms with Crippen LogP contribution in [-0.4, -0.2) is 6.29 Å². The van der Waals surface area contributed by atoms with Crippen molar-refractivity contribution in [3.8, 4) is 0 Å². The van der Waals surface area contributed by atoms with Gasteiger partial charge in [0.1, 0.15) is 6.29 Å². The first-order valence-corrected chi connectivity index (χ1v) is 8.01. The number of rotatable bonds is 10. The van der Waals surface area contributed by atoms with Gasteiger partial charge in [0.2, 0.25) is 0 Å². The van der Waals surface area contributed by atoms with E-state index in [2.05, 4.69) is 45.9 Å². The molecule has 0 aromatic heterocycles. The zero-order valence-electron chi connectivity index (χ0n) is 14.5. The van der Waals surface area contributed by atoms with E-state index in [9.17, 15) is 4.79 Å². The summed E-state index contributed by atoms with van der Waals surface area (Å²) in [4.78, 5) is 10.3. The smallest absolute Gasteiger partial charge is 0.142 e. The average molecular weight is 288 g/mol. The van der Waals surface area contributed by atoms with Gasteiger partial charge in [-0.15, -0.1) is 0 Å². The van der Waals surface area contributed by atoms with E-state index in [0.29, 0.717) is 0 Å². The fourth-order valence-corrected chi connectivity index (χ4v) is 2.08. The molecule has 0 atom stereocenters. The van der Waals surface area contributed by atoms with E-state index in [1.165, 1.54) is 23.1 Å². The zero-order chi connectivity index (χ0) is 16.1. The molecule has 118 valence electrons. The maximum Gasteiger partial charge on any atom is 0.142 e. The van der Waals surface area contributed by atoms with Crippen LogP contribution >= 0.6 is 0 Å². The molecule has 0 aliphatic rings. The molecule has 0 unspecified atom stereocenters. The van der Waals surface area contributed by atoms with Crippen LogP contribution in [0.3, 0.4) is 0 Å². The van der Waals surface area contributed by atoms with E-state index in [0.717, 1.165) is 44.0 Å². The summed E-state index contributed by atoms with van der Waals surface area (Å²) in [6.45, 7) is 10.7. The Balaban J connectivity index is 3.96. The molecule has 0 N–H and O–H groups in total. The van der Waals surface area contributed by atoms with Gasteiger partial charge in [0, 0.05) is 0 Å². The van der Waals surface area contributed by atoms with Crippen molar-refractivity contribution in [2.75, 3.05) is 0 Å². The fourth-order valence-electron chi connectivity index (χ4n) is 2.08. The molecular formula is C20H32O. The molecule has 0 fully saturated rings. The molecule has 1 heteroatoms. The molecule has 21 heavy (non-hydrogen) atoms. The molecule has 0 aromatic carbocycles.